The van der Waals surface area contributed by atoms with Gasteiger partial charge in [-0.3, -0.25) is 9.59 Å². The number of benzene rings is 3. The Labute approximate surface area is 313 Å². The summed E-state index contributed by atoms with van der Waals surface area (Å²) >= 11 is 7.44. The van der Waals surface area contributed by atoms with Gasteiger partial charge in [-0.05, 0) is 44.6 Å². The second-order valence-electron chi connectivity index (χ2n) is 13.6. The summed E-state index contributed by atoms with van der Waals surface area (Å²) in [6.45, 7) is 8.48. The van der Waals surface area contributed by atoms with Crippen LogP contribution in [0.2, 0.25) is 0 Å². The Morgan fingerprint density at radius 3 is 1.67 bits per heavy atom. The SMILES string of the molecule is CCN(CC)CCCCCCCCCCCCOc1ccc(C2(c3ccccc3)OC(=O)CC(O)(C(=O)O)CC(=O)OC2(Cl)c2ccccc2)cc1. The van der Waals surface area contributed by atoms with E-state index in [0.29, 0.717) is 23.5 Å². The zero-order valence-corrected chi connectivity index (χ0v) is 31.3. The summed E-state index contributed by atoms with van der Waals surface area (Å²) in [5.74, 6) is -3.37. The summed E-state index contributed by atoms with van der Waals surface area (Å²) in [6, 6.07) is 23.8. The van der Waals surface area contributed by atoms with Crippen LogP contribution in [0, 0.1) is 0 Å². The van der Waals surface area contributed by atoms with Gasteiger partial charge in [-0.1, -0.05) is 150 Å². The highest BCUT2D eigenvalue weighted by atomic mass is 35.5. The fourth-order valence-corrected chi connectivity index (χ4v) is 7.31. The van der Waals surface area contributed by atoms with E-state index in [-0.39, 0.29) is 5.56 Å². The number of carboxylic acids is 1. The minimum atomic E-state index is -2.77. The molecule has 0 aromatic heterocycles. The Hall–Kier alpha value is -3.92. The molecule has 1 saturated heterocycles. The molecule has 3 unspecified atom stereocenters. The van der Waals surface area contributed by atoms with Crippen molar-refractivity contribution in [3.8, 4) is 5.75 Å². The number of hydrogen-bond acceptors (Lipinski definition) is 8. The number of aliphatic carboxylic acids is 1. The predicted octanol–water partition coefficient (Wildman–Crippen LogP) is 8.34. The number of carbonyl (C=O) groups excluding carboxylic acids is 2. The van der Waals surface area contributed by atoms with Crippen LogP contribution < -0.4 is 4.74 Å². The van der Waals surface area contributed by atoms with Crippen LogP contribution in [-0.2, 0) is 34.5 Å². The molecular weight excluding hydrogens is 682 g/mol. The first-order valence-corrected chi connectivity index (χ1v) is 19.1. The lowest BCUT2D eigenvalue weighted by atomic mass is 9.77. The van der Waals surface area contributed by atoms with E-state index in [1.54, 1.807) is 84.9 Å². The molecule has 0 amide bonds. The third-order valence-electron chi connectivity index (χ3n) is 9.86. The minimum absolute atomic E-state index is 0.272. The average Bonchev–Trinajstić information content (AvgIpc) is 3.18. The number of ether oxygens (including phenoxy) is 3. The van der Waals surface area contributed by atoms with Crippen molar-refractivity contribution in [1.29, 1.82) is 0 Å². The van der Waals surface area contributed by atoms with Crippen molar-refractivity contribution in [2.45, 2.75) is 107 Å². The van der Waals surface area contributed by atoms with Crippen molar-refractivity contribution in [3.05, 3.63) is 102 Å². The second-order valence-corrected chi connectivity index (χ2v) is 14.1. The highest BCUT2D eigenvalue weighted by Gasteiger charge is 2.62. The third kappa shape index (κ3) is 10.4. The van der Waals surface area contributed by atoms with Crippen molar-refractivity contribution in [1.82, 2.24) is 4.90 Å². The Morgan fingerprint density at radius 2 is 1.15 bits per heavy atom. The summed E-state index contributed by atoms with van der Waals surface area (Å²) < 4.78 is 18.2. The largest absolute Gasteiger partial charge is 0.494 e. The molecule has 4 rings (SSSR count). The lowest BCUT2D eigenvalue weighted by Crippen LogP contribution is -2.52. The van der Waals surface area contributed by atoms with Crippen LogP contribution in [0.5, 0.6) is 5.75 Å². The zero-order chi connectivity index (χ0) is 37.5. The van der Waals surface area contributed by atoms with Crippen LogP contribution in [-0.4, -0.2) is 64.9 Å². The highest BCUT2D eigenvalue weighted by Crippen LogP contribution is 2.55. The smallest absolute Gasteiger partial charge is 0.336 e. The van der Waals surface area contributed by atoms with Crippen molar-refractivity contribution < 1.29 is 38.8 Å². The average molecular weight is 736 g/mol. The Morgan fingerprint density at radius 1 is 0.692 bits per heavy atom. The van der Waals surface area contributed by atoms with Gasteiger partial charge in [-0.2, -0.15) is 0 Å². The quantitative estimate of drug-likeness (QED) is 0.0670. The molecule has 3 aromatic rings. The summed E-state index contributed by atoms with van der Waals surface area (Å²) in [7, 11) is 0. The first kappa shape index (κ1) is 40.8. The van der Waals surface area contributed by atoms with Crippen LogP contribution in [0.15, 0.2) is 84.9 Å². The molecule has 1 fully saturated rings. The second kappa shape index (κ2) is 19.8. The van der Waals surface area contributed by atoms with E-state index >= 15 is 0 Å². The summed E-state index contributed by atoms with van der Waals surface area (Å²) in [4.78, 5) is 41.6. The van der Waals surface area contributed by atoms with E-state index in [1.807, 2.05) is 0 Å². The highest BCUT2D eigenvalue weighted by molar-refractivity contribution is 6.25. The van der Waals surface area contributed by atoms with Gasteiger partial charge in [0.25, 0.3) is 5.06 Å². The van der Waals surface area contributed by atoms with Crippen molar-refractivity contribution in [2.24, 2.45) is 0 Å². The van der Waals surface area contributed by atoms with Crippen LogP contribution in [0.1, 0.15) is 108 Å². The number of alkyl halides is 1. The standard InChI is InChI=1S/C42H54ClNO8/c1-3-44(4-2)29-19-11-9-7-5-6-8-10-12-20-30-50-36-27-25-34(26-28-36)41(33-21-15-13-16-22-33)42(43,35-23-17-14-18-24-35)52-38(46)32-40(49,39(47)48)31-37(45)51-41/h13-18,21-28,49H,3-12,19-20,29-32H2,1-2H3,(H,47,48). The molecule has 0 bridgehead atoms. The maximum absolute atomic E-state index is 13.6. The molecule has 3 aromatic carbocycles. The molecule has 0 radical (unpaired) electrons. The predicted molar refractivity (Wildman–Crippen MR) is 201 cm³/mol. The molecule has 52 heavy (non-hydrogen) atoms. The number of rotatable bonds is 20. The molecule has 2 N–H and O–H groups in total. The van der Waals surface area contributed by atoms with E-state index in [4.69, 9.17) is 25.8 Å². The van der Waals surface area contributed by atoms with Gasteiger partial charge in [0.15, 0.2) is 5.60 Å². The number of nitrogens with zero attached hydrogens (tertiary/aromatic N) is 1. The lowest BCUT2D eigenvalue weighted by molar-refractivity contribution is -0.189. The van der Waals surface area contributed by atoms with Crippen molar-refractivity contribution >= 4 is 29.5 Å². The topological polar surface area (TPSA) is 123 Å². The van der Waals surface area contributed by atoms with Crippen LogP contribution in [0.4, 0.5) is 0 Å². The molecule has 10 heteroatoms. The van der Waals surface area contributed by atoms with E-state index in [0.717, 1.165) is 25.9 Å². The van der Waals surface area contributed by atoms with E-state index in [1.165, 1.54) is 57.9 Å². The van der Waals surface area contributed by atoms with E-state index < -0.39 is 47.0 Å². The fraction of sp³-hybridized carbons (Fsp3) is 0.500. The van der Waals surface area contributed by atoms with Crippen molar-refractivity contribution in [3.63, 3.8) is 0 Å². The monoisotopic (exact) mass is 735 g/mol. The van der Waals surface area contributed by atoms with E-state index in [9.17, 15) is 24.6 Å². The van der Waals surface area contributed by atoms with Gasteiger partial charge in [-0.25, -0.2) is 4.79 Å². The Balaban J connectivity index is 1.44. The molecule has 0 spiro atoms. The summed E-state index contributed by atoms with van der Waals surface area (Å²) in [6.07, 6.45) is 10.2. The first-order chi connectivity index (χ1) is 25.1. The lowest BCUT2D eigenvalue weighted by Gasteiger charge is -2.45. The van der Waals surface area contributed by atoms with Crippen LogP contribution in [0.3, 0.4) is 0 Å². The Kier molecular flexibility index (Phi) is 15.5. The third-order valence-corrected chi connectivity index (χ3v) is 10.4. The number of unbranched alkanes of at least 4 members (excludes halogenated alkanes) is 9. The molecule has 3 atom stereocenters. The molecule has 9 nitrogen and oxygen atoms in total. The molecule has 0 aliphatic carbocycles. The number of esters is 2. The van der Waals surface area contributed by atoms with Gasteiger partial charge >= 0.3 is 17.9 Å². The summed E-state index contributed by atoms with van der Waals surface area (Å²) in [5.41, 5.74) is -3.81. The summed E-state index contributed by atoms with van der Waals surface area (Å²) in [5, 5.41) is 18.4. The zero-order valence-electron chi connectivity index (χ0n) is 30.6. The number of halogens is 1. The molecule has 282 valence electrons. The molecule has 1 heterocycles. The van der Waals surface area contributed by atoms with Crippen LogP contribution in [0.25, 0.3) is 0 Å². The van der Waals surface area contributed by atoms with Gasteiger partial charge < -0.3 is 29.3 Å². The fourth-order valence-electron chi connectivity index (χ4n) is 6.84. The molecular formula is C42H54ClNO8. The maximum Gasteiger partial charge on any atom is 0.336 e. The molecule has 1 aliphatic heterocycles. The normalized spacial score (nSPS) is 22.2. The molecule has 0 saturated carbocycles. The number of carbonyl (C=O) groups is 3. The maximum atomic E-state index is 13.6. The first-order valence-electron chi connectivity index (χ1n) is 18.7. The van der Waals surface area contributed by atoms with Gasteiger partial charge in [0.2, 0.25) is 5.60 Å². The number of hydrogen-bond donors (Lipinski definition) is 2. The van der Waals surface area contributed by atoms with Gasteiger partial charge in [0.1, 0.15) is 5.75 Å². The van der Waals surface area contributed by atoms with E-state index in [2.05, 4.69) is 18.7 Å². The van der Waals surface area contributed by atoms with Gasteiger partial charge in [0, 0.05) is 16.7 Å². The van der Waals surface area contributed by atoms with Crippen molar-refractivity contribution in [2.75, 3.05) is 26.2 Å². The van der Waals surface area contributed by atoms with Gasteiger partial charge in [-0.15, -0.1) is 0 Å². The minimum Gasteiger partial charge on any atom is -0.494 e. The number of aliphatic hydroxyl groups is 1. The number of carboxylic acid groups (broad SMARTS) is 1. The molecule has 1 aliphatic rings. The number of cyclic esters (lactones) is 2. The van der Waals surface area contributed by atoms with Crippen LogP contribution >= 0.6 is 11.6 Å². The van der Waals surface area contributed by atoms with Gasteiger partial charge in [0.05, 0.1) is 19.4 Å². The Bertz CT molecular complexity index is 1550.